The fourth-order valence-electron chi connectivity index (χ4n) is 3.30. The van der Waals surface area contributed by atoms with Crippen LogP contribution in [0.1, 0.15) is 39.0 Å². The summed E-state index contributed by atoms with van der Waals surface area (Å²) in [4.78, 5) is 2.51. The molecule has 0 unspecified atom stereocenters. The standard InChI is InChI=1S/C11H21N/c1-10-4-3-5-11(8-10)6-7-12(2)9-11/h10H,3-9H2,1-2H3/t10-,11+/m1/s1. The first kappa shape index (κ1) is 8.55. The highest BCUT2D eigenvalue weighted by Gasteiger charge is 2.39. The summed E-state index contributed by atoms with van der Waals surface area (Å²) in [5.41, 5.74) is 0.742. The minimum absolute atomic E-state index is 0.742. The molecule has 2 aliphatic rings. The summed E-state index contributed by atoms with van der Waals surface area (Å²) in [5, 5.41) is 0. The smallest absolute Gasteiger partial charge is 0.00355 e. The Bertz CT molecular complexity index is 162. The van der Waals surface area contributed by atoms with Crippen LogP contribution >= 0.6 is 0 Å². The van der Waals surface area contributed by atoms with Crippen LogP contribution in [0.3, 0.4) is 0 Å². The van der Waals surface area contributed by atoms with Crippen molar-refractivity contribution in [3.63, 3.8) is 0 Å². The van der Waals surface area contributed by atoms with Crippen LogP contribution in [0.15, 0.2) is 0 Å². The average Bonchev–Trinajstić information content (AvgIpc) is 2.32. The van der Waals surface area contributed by atoms with Gasteiger partial charge in [-0.2, -0.15) is 0 Å². The van der Waals surface area contributed by atoms with Crippen LogP contribution in [-0.2, 0) is 0 Å². The lowest BCUT2D eigenvalue weighted by Crippen LogP contribution is -2.30. The van der Waals surface area contributed by atoms with Gasteiger partial charge in [-0.15, -0.1) is 0 Å². The maximum atomic E-state index is 2.51. The number of nitrogens with zero attached hydrogens (tertiary/aromatic N) is 1. The van der Waals surface area contributed by atoms with E-state index in [2.05, 4.69) is 18.9 Å². The molecular formula is C11H21N. The number of hydrogen-bond acceptors (Lipinski definition) is 1. The Morgan fingerprint density at radius 2 is 2.17 bits per heavy atom. The number of hydrogen-bond donors (Lipinski definition) is 0. The summed E-state index contributed by atoms with van der Waals surface area (Å²) >= 11 is 0. The van der Waals surface area contributed by atoms with Crippen LogP contribution in [0.25, 0.3) is 0 Å². The van der Waals surface area contributed by atoms with Crippen LogP contribution in [0, 0.1) is 11.3 Å². The molecule has 2 rings (SSSR count). The monoisotopic (exact) mass is 167 g/mol. The van der Waals surface area contributed by atoms with Gasteiger partial charge in [0, 0.05) is 6.54 Å². The van der Waals surface area contributed by atoms with Gasteiger partial charge in [0.1, 0.15) is 0 Å². The molecule has 2 atom stereocenters. The molecule has 12 heavy (non-hydrogen) atoms. The van der Waals surface area contributed by atoms with Crippen molar-refractivity contribution < 1.29 is 0 Å². The molecule has 1 nitrogen and oxygen atoms in total. The first-order valence-electron chi connectivity index (χ1n) is 5.39. The largest absolute Gasteiger partial charge is 0.306 e. The summed E-state index contributed by atoms with van der Waals surface area (Å²) in [6.45, 7) is 5.14. The lowest BCUT2D eigenvalue weighted by atomic mass is 9.70. The SMILES string of the molecule is C[C@@H]1CCC[C@]2(CCN(C)C2)C1. The van der Waals surface area contributed by atoms with E-state index in [4.69, 9.17) is 0 Å². The predicted molar refractivity (Wildman–Crippen MR) is 52.2 cm³/mol. The lowest BCUT2D eigenvalue weighted by Gasteiger charge is -2.36. The zero-order valence-electron chi connectivity index (χ0n) is 8.47. The Kier molecular flexibility index (Phi) is 2.16. The molecule has 0 aromatic rings. The van der Waals surface area contributed by atoms with E-state index in [-0.39, 0.29) is 0 Å². The Hall–Kier alpha value is -0.0400. The molecule has 0 aromatic carbocycles. The molecule has 70 valence electrons. The molecule has 1 heteroatoms. The second-order valence-corrected chi connectivity index (χ2v) is 5.19. The van der Waals surface area contributed by atoms with E-state index in [0.29, 0.717) is 0 Å². The predicted octanol–water partition coefficient (Wildman–Crippen LogP) is 2.52. The van der Waals surface area contributed by atoms with E-state index in [1.807, 2.05) is 0 Å². The Morgan fingerprint density at radius 1 is 1.33 bits per heavy atom. The van der Waals surface area contributed by atoms with Gasteiger partial charge < -0.3 is 4.90 Å². The molecule has 1 spiro atoms. The third kappa shape index (κ3) is 1.52. The molecular weight excluding hydrogens is 146 g/mol. The molecule has 1 aliphatic carbocycles. The van der Waals surface area contributed by atoms with Gasteiger partial charge in [-0.25, -0.2) is 0 Å². The van der Waals surface area contributed by atoms with Gasteiger partial charge >= 0.3 is 0 Å². The first-order valence-corrected chi connectivity index (χ1v) is 5.39. The van der Waals surface area contributed by atoms with Crippen molar-refractivity contribution in [2.24, 2.45) is 11.3 Å². The summed E-state index contributed by atoms with van der Waals surface area (Å²) in [6.07, 6.45) is 7.42. The fraction of sp³-hybridized carbons (Fsp3) is 1.00. The third-order valence-electron chi connectivity index (χ3n) is 3.81. The minimum atomic E-state index is 0.742. The van der Waals surface area contributed by atoms with Crippen LogP contribution in [0.5, 0.6) is 0 Å². The van der Waals surface area contributed by atoms with Crippen molar-refractivity contribution in [1.82, 2.24) is 4.90 Å². The lowest BCUT2D eigenvalue weighted by molar-refractivity contribution is 0.154. The zero-order chi connectivity index (χ0) is 8.60. The van der Waals surface area contributed by atoms with Crippen LogP contribution in [0.2, 0.25) is 0 Å². The van der Waals surface area contributed by atoms with Crippen LogP contribution < -0.4 is 0 Å². The molecule has 0 N–H and O–H groups in total. The first-order chi connectivity index (χ1) is 5.70. The van der Waals surface area contributed by atoms with Crippen molar-refractivity contribution in [3.8, 4) is 0 Å². The summed E-state index contributed by atoms with van der Waals surface area (Å²) < 4.78 is 0. The second kappa shape index (κ2) is 3.02. The summed E-state index contributed by atoms with van der Waals surface area (Å²) in [6, 6.07) is 0. The third-order valence-corrected chi connectivity index (χ3v) is 3.81. The molecule has 1 aliphatic heterocycles. The average molecular weight is 167 g/mol. The minimum Gasteiger partial charge on any atom is -0.306 e. The van der Waals surface area contributed by atoms with Gasteiger partial charge in [-0.05, 0) is 44.2 Å². The summed E-state index contributed by atoms with van der Waals surface area (Å²) in [5.74, 6) is 0.991. The Labute approximate surface area is 76.1 Å². The molecule has 0 amide bonds. The number of rotatable bonds is 0. The van der Waals surface area contributed by atoms with E-state index in [1.54, 1.807) is 0 Å². The molecule has 1 saturated carbocycles. The Morgan fingerprint density at radius 3 is 2.75 bits per heavy atom. The highest BCUT2D eigenvalue weighted by Crippen LogP contribution is 2.45. The topological polar surface area (TPSA) is 3.24 Å². The number of likely N-dealkylation sites (tertiary alicyclic amines) is 1. The quantitative estimate of drug-likeness (QED) is 0.536. The molecule has 0 radical (unpaired) electrons. The van der Waals surface area contributed by atoms with E-state index in [1.165, 1.54) is 45.2 Å². The maximum Gasteiger partial charge on any atom is 0.00355 e. The van der Waals surface area contributed by atoms with Gasteiger partial charge in [0.25, 0.3) is 0 Å². The molecule has 1 heterocycles. The molecule has 2 fully saturated rings. The fourth-order valence-corrected chi connectivity index (χ4v) is 3.30. The zero-order valence-corrected chi connectivity index (χ0v) is 8.47. The van der Waals surface area contributed by atoms with Crippen LogP contribution in [0.4, 0.5) is 0 Å². The van der Waals surface area contributed by atoms with Gasteiger partial charge in [0.2, 0.25) is 0 Å². The maximum absolute atomic E-state index is 2.51. The van der Waals surface area contributed by atoms with E-state index >= 15 is 0 Å². The van der Waals surface area contributed by atoms with Crippen molar-refractivity contribution in [2.45, 2.75) is 39.0 Å². The van der Waals surface area contributed by atoms with Crippen molar-refractivity contribution in [1.29, 1.82) is 0 Å². The van der Waals surface area contributed by atoms with Gasteiger partial charge in [-0.1, -0.05) is 19.8 Å². The van der Waals surface area contributed by atoms with Gasteiger partial charge in [-0.3, -0.25) is 0 Å². The Balaban J connectivity index is 2.00. The van der Waals surface area contributed by atoms with Gasteiger partial charge in [0.15, 0.2) is 0 Å². The second-order valence-electron chi connectivity index (χ2n) is 5.19. The van der Waals surface area contributed by atoms with Gasteiger partial charge in [0.05, 0.1) is 0 Å². The van der Waals surface area contributed by atoms with Crippen molar-refractivity contribution >= 4 is 0 Å². The molecule has 0 aromatic heterocycles. The van der Waals surface area contributed by atoms with Crippen LogP contribution in [-0.4, -0.2) is 25.0 Å². The van der Waals surface area contributed by atoms with Crippen molar-refractivity contribution in [3.05, 3.63) is 0 Å². The molecule has 0 bridgehead atoms. The van der Waals surface area contributed by atoms with E-state index in [9.17, 15) is 0 Å². The molecule has 1 saturated heterocycles. The highest BCUT2D eigenvalue weighted by molar-refractivity contribution is 4.92. The van der Waals surface area contributed by atoms with Crippen molar-refractivity contribution in [2.75, 3.05) is 20.1 Å². The van der Waals surface area contributed by atoms with E-state index in [0.717, 1.165) is 11.3 Å². The highest BCUT2D eigenvalue weighted by atomic mass is 15.1. The normalized spacial score (nSPS) is 44.0. The summed E-state index contributed by atoms with van der Waals surface area (Å²) in [7, 11) is 2.27. The van der Waals surface area contributed by atoms with E-state index < -0.39 is 0 Å².